The summed E-state index contributed by atoms with van der Waals surface area (Å²) in [6, 6.07) is 7.96. The van der Waals surface area contributed by atoms with Crippen molar-refractivity contribution >= 4 is 5.91 Å². The molecule has 1 fully saturated rings. The average Bonchev–Trinajstić information content (AvgIpc) is 2.96. The van der Waals surface area contributed by atoms with Gasteiger partial charge in [-0.25, -0.2) is 4.39 Å². The number of piperidine rings is 1. The number of benzene rings is 1. The van der Waals surface area contributed by atoms with E-state index in [0.717, 1.165) is 18.4 Å². The van der Waals surface area contributed by atoms with Crippen molar-refractivity contribution in [3.05, 3.63) is 41.9 Å². The fourth-order valence-electron chi connectivity index (χ4n) is 3.58. The Bertz CT molecular complexity index is 683. The molecular formula is C18H21FN2O2. The summed E-state index contributed by atoms with van der Waals surface area (Å²) in [5.74, 6) is 0.419. The highest BCUT2D eigenvalue weighted by Gasteiger charge is 2.34. The van der Waals surface area contributed by atoms with Crippen molar-refractivity contribution < 1.29 is 13.7 Å². The van der Waals surface area contributed by atoms with Crippen LogP contribution in [-0.4, -0.2) is 28.0 Å². The number of hydrogen-bond donors (Lipinski definition) is 0. The third kappa shape index (κ3) is 3.14. The van der Waals surface area contributed by atoms with Crippen molar-refractivity contribution in [2.24, 2.45) is 5.92 Å². The van der Waals surface area contributed by atoms with Gasteiger partial charge in [0.1, 0.15) is 11.5 Å². The molecule has 3 atom stereocenters. The van der Waals surface area contributed by atoms with Crippen LogP contribution in [0, 0.1) is 11.7 Å². The zero-order chi connectivity index (χ0) is 16.6. The van der Waals surface area contributed by atoms with E-state index < -0.39 is 0 Å². The quantitative estimate of drug-likeness (QED) is 0.837. The Balaban J connectivity index is 1.82. The molecule has 1 aliphatic heterocycles. The Labute approximate surface area is 135 Å². The number of hydrogen-bond acceptors (Lipinski definition) is 3. The minimum atomic E-state index is -0.307. The summed E-state index contributed by atoms with van der Waals surface area (Å²) in [5.41, 5.74) is 1.27. The fourth-order valence-corrected chi connectivity index (χ4v) is 3.58. The predicted octanol–water partition coefficient (Wildman–Crippen LogP) is 4.13. The lowest BCUT2D eigenvalue weighted by molar-refractivity contribution is 0.0394. The van der Waals surface area contributed by atoms with Gasteiger partial charge in [-0.2, -0.15) is 0 Å². The van der Waals surface area contributed by atoms with Crippen LogP contribution >= 0.6 is 0 Å². The minimum Gasteiger partial charge on any atom is -0.350 e. The van der Waals surface area contributed by atoms with E-state index in [1.807, 2.05) is 4.90 Å². The molecule has 1 aliphatic rings. The second kappa shape index (κ2) is 6.14. The number of rotatable bonds is 2. The van der Waals surface area contributed by atoms with E-state index in [2.05, 4.69) is 25.9 Å². The first-order valence-electron chi connectivity index (χ1n) is 8.01. The molecular weight excluding hydrogens is 295 g/mol. The Morgan fingerprint density at radius 3 is 2.39 bits per heavy atom. The van der Waals surface area contributed by atoms with E-state index in [1.165, 1.54) is 12.1 Å². The molecule has 4 nitrogen and oxygen atoms in total. The third-order valence-electron chi connectivity index (χ3n) is 4.53. The van der Waals surface area contributed by atoms with Gasteiger partial charge >= 0.3 is 0 Å². The summed E-state index contributed by atoms with van der Waals surface area (Å²) in [6.45, 7) is 6.36. The van der Waals surface area contributed by atoms with Crippen LogP contribution in [0.3, 0.4) is 0 Å². The Kier molecular flexibility index (Phi) is 4.20. The molecule has 1 saturated heterocycles. The number of nitrogens with zero attached hydrogens (tertiary/aromatic N) is 2. The van der Waals surface area contributed by atoms with Gasteiger partial charge in [-0.15, -0.1) is 0 Å². The van der Waals surface area contributed by atoms with Gasteiger partial charge in [0.2, 0.25) is 5.76 Å². The van der Waals surface area contributed by atoms with Gasteiger partial charge in [-0.1, -0.05) is 12.1 Å². The highest BCUT2D eigenvalue weighted by molar-refractivity contribution is 5.93. The van der Waals surface area contributed by atoms with Gasteiger partial charge in [0, 0.05) is 23.7 Å². The molecule has 5 heteroatoms. The number of aromatic nitrogens is 1. The maximum atomic E-state index is 13.0. The zero-order valence-electron chi connectivity index (χ0n) is 13.6. The Morgan fingerprint density at radius 2 is 1.78 bits per heavy atom. The first-order chi connectivity index (χ1) is 11.0. The number of likely N-dealkylation sites (tertiary alicyclic amines) is 1. The van der Waals surface area contributed by atoms with Gasteiger partial charge in [-0.05, 0) is 56.9 Å². The normalized spacial score (nSPS) is 24.7. The molecule has 1 aromatic heterocycles. The summed E-state index contributed by atoms with van der Waals surface area (Å²) in [6.07, 6.45) is 1.99. The molecule has 0 aliphatic carbocycles. The lowest BCUT2D eigenvalue weighted by Crippen LogP contribution is -2.49. The van der Waals surface area contributed by atoms with Crippen LogP contribution in [0.15, 0.2) is 34.9 Å². The van der Waals surface area contributed by atoms with Gasteiger partial charge in [0.25, 0.3) is 5.91 Å². The smallest absolute Gasteiger partial charge is 0.292 e. The van der Waals surface area contributed by atoms with Crippen molar-refractivity contribution in [1.29, 1.82) is 0 Å². The lowest BCUT2D eigenvalue weighted by Gasteiger charge is -2.41. The average molecular weight is 316 g/mol. The molecule has 23 heavy (non-hydrogen) atoms. The number of amides is 1. The van der Waals surface area contributed by atoms with Gasteiger partial charge < -0.3 is 9.42 Å². The van der Waals surface area contributed by atoms with Crippen molar-refractivity contribution in [3.8, 4) is 11.3 Å². The van der Waals surface area contributed by atoms with Gasteiger partial charge in [0.15, 0.2) is 0 Å². The molecule has 1 unspecified atom stereocenters. The van der Waals surface area contributed by atoms with E-state index in [0.29, 0.717) is 11.6 Å². The van der Waals surface area contributed by atoms with Crippen LogP contribution in [0.25, 0.3) is 11.3 Å². The van der Waals surface area contributed by atoms with Crippen molar-refractivity contribution in [3.63, 3.8) is 0 Å². The molecule has 1 aromatic carbocycles. The highest BCUT2D eigenvalue weighted by atomic mass is 19.1. The summed E-state index contributed by atoms with van der Waals surface area (Å²) >= 11 is 0. The van der Waals surface area contributed by atoms with Crippen molar-refractivity contribution in [1.82, 2.24) is 10.1 Å². The molecule has 0 radical (unpaired) electrons. The summed E-state index contributed by atoms with van der Waals surface area (Å²) in [5, 5.41) is 3.95. The van der Waals surface area contributed by atoms with E-state index in [4.69, 9.17) is 4.52 Å². The van der Waals surface area contributed by atoms with Crippen molar-refractivity contribution in [2.45, 2.75) is 45.7 Å². The summed E-state index contributed by atoms with van der Waals surface area (Å²) in [4.78, 5) is 14.6. The number of carbonyl (C=O) groups is 1. The molecule has 122 valence electrons. The number of carbonyl (C=O) groups excluding carboxylic acids is 1. The molecule has 0 spiro atoms. The summed E-state index contributed by atoms with van der Waals surface area (Å²) < 4.78 is 18.2. The standard InChI is InChI=1S/C18H21FN2O2/c1-11-8-12(2)21(13(3)9-11)18(22)17-10-16(20-23-17)14-4-6-15(19)7-5-14/h4-7,10-13H,8-9H2,1-3H3/t11?,12-,13+. The molecule has 1 amide bonds. The lowest BCUT2D eigenvalue weighted by atomic mass is 9.88. The third-order valence-corrected chi connectivity index (χ3v) is 4.53. The van der Waals surface area contributed by atoms with Crippen LogP contribution in [0.2, 0.25) is 0 Å². The fraction of sp³-hybridized carbons (Fsp3) is 0.444. The predicted molar refractivity (Wildman–Crippen MR) is 85.4 cm³/mol. The van der Waals surface area contributed by atoms with E-state index in [9.17, 15) is 9.18 Å². The monoisotopic (exact) mass is 316 g/mol. The summed E-state index contributed by atoms with van der Waals surface area (Å²) in [7, 11) is 0. The SMILES string of the molecule is CC1C[C@@H](C)N(C(=O)c2cc(-c3ccc(F)cc3)no2)[C@@H](C)C1. The van der Waals surface area contributed by atoms with Crippen molar-refractivity contribution in [2.75, 3.05) is 0 Å². The zero-order valence-corrected chi connectivity index (χ0v) is 13.6. The van der Waals surface area contributed by atoms with Crippen LogP contribution in [0.5, 0.6) is 0 Å². The van der Waals surface area contributed by atoms with E-state index in [1.54, 1.807) is 18.2 Å². The Hall–Kier alpha value is -2.17. The van der Waals surface area contributed by atoms with Gasteiger partial charge in [0.05, 0.1) is 0 Å². The molecule has 0 bridgehead atoms. The topological polar surface area (TPSA) is 46.3 Å². The molecule has 2 heterocycles. The molecule has 0 saturated carbocycles. The van der Waals surface area contributed by atoms with E-state index >= 15 is 0 Å². The molecule has 0 N–H and O–H groups in total. The Morgan fingerprint density at radius 1 is 1.17 bits per heavy atom. The van der Waals surface area contributed by atoms with Crippen LogP contribution in [0.1, 0.15) is 44.2 Å². The first kappa shape index (κ1) is 15.7. The van der Waals surface area contributed by atoms with E-state index in [-0.39, 0.29) is 29.6 Å². The van der Waals surface area contributed by atoms with Gasteiger partial charge in [-0.3, -0.25) is 4.79 Å². The molecule has 2 aromatic rings. The second-order valence-electron chi connectivity index (χ2n) is 6.57. The first-order valence-corrected chi connectivity index (χ1v) is 8.01. The maximum Gasteiger partial charge on any atom is 0.292 e. The van der Waals surface area contributed by atoms with Crippen LogP contribution in [0.4, 0.5) is 4.39 Å². The van der Waals surface area contributed by atoms with Crippen LogP contribution < -0.4 is 0 Å². The molecule has 3 rings (SSSR count). The number of halogens is 1. The van der Waals surface area contributed by atoms with Crippen LogP contribution in [-0.2, 0) is 0 Å². The minimum absolute atomic E-state index is 0.127. The second-order valence-corrected chi connectivity index (χ2v) is 6.57. The maximum absolute atomic E-state index is 13.0. The largest absolute Gasteiger partial charge is 0.350 e. The highest BCUT2D eigenvalue weighted by Crippen LogP contribution is 2.29.